The van der Waals surface area contributed by atoms with Crippen molar-refractivity contribution in [1.29, 1.82) is 0 Å². The van der Waals surface area contributed by atoms with E-state index in [4.69, 9.17) is 9.97 Å². The van der Waals surface area contributed by atoms with Crippen LogP contribution in [-0.2, 0) is 0 Å². The van der Waals surface area contributed by atoms with Gasteiger partial charge >= 0.3 is 0 Å². The quantitative estimate of drug-likeness (QED) is 0.187. The van der Waals surface area contributed by atoms with Gasteiger partial charge in [-0.3, -0.25) is 4.57 Å². The Kier molecular flexibility index (Phi) is 6.32. The number of fused-ring (bicyclic) bond motifs is 7. The number of pyridine rings is 1. The third-order valence-corrected chi connectivity index (χ3v) is 10.4. The second-order valence-corrected chi connectivity index (χ2v) is 13.3. The molecule has 0 fully saturated rings. The zero-order valence-corrected chi connectivity index (χ0v) is 27.2. The van der Waals surface area contributed by atoms with Crippen LogP contribution in [-0.4, -0.2) is 19.1 Å². The van der Waals surface area contributed by atoms with Crippen molar-refractivity contribution in [2.75, 3.05) is 0 Å². The summed E-state index contributed by atoms with van der Waals surface area (Å²) in [6, 6.07) is 57.9. The molecule has 0 radical (unpaired) electrons. The lowest BCUT2D eigenvalue weighted by Gasteiger charge is -2.09. The minimum Gasteiger partial charge on any atom is -0.309 e. The zero-order valence-electron chi connectivity index (χ0n) is 26.4. The van der Waals surface area contributed by atoms with Crippen LogP contribution in [0.3, 0.4) is 0 Å². The third-order valence-electron chi connectivity index (χ3n) is 9.41. The molecule has 0 atom stereocenters. The van der Waals surface area contributed by atoms with E-state index in [1.807, 2.05) is 18.3 Å². The lowest BCUT2D eigenvalue weighted by atomic mass is 10.0. The predicted molar refractivity (Wildman–Crippen MR) is 205 cm³/mol. The van der Waals surface area contributed by atoms with Crippen LogP contribution in [0.1, 0.15) is 0 Å². The lowest BCUT2D eigenvalue weighted by Crippen LogP contribution is -1.94. The highest BCUT2D eigenvalue weighted by atomic mass is 32.1. The van der Waals surface area contributed by atoms with Crippen LogP contribution in [0.5, 0.6) is 0 Å². The monoisotopic (exact) mass is 644 g/mol. The molecular weight excluding hydrogens is 617 g/mol. The van der Waals surface area contributed by atoms with E-state index >= 15 is 0 Å². The number of nitrogens with zero attached hydrogens (tertiary/aromatic N) is 4. The molecule has 5 heteroatoms. The Morgan fingerprint density at radius 2 is 1.02 bits per heavy atom. The summed E-state index contributed by atoms with van der Waals surface area (Å²) in [5.74, 6) is 0. The van der Waals surface area contributed by atoms with Crippen molar-refractivity contribution in [2.45, 2.75) is 0 Å². The Morgan fingerprint density at radius 1 is 0.449 bits per heavy atom. The summed E-state index contributed by atoms with van der Waals surface area (Å²) in [4.78, 5) is 10.1. The van der Waals surface area contributed by atoms with Crippen molar-refractivity contribution >= 4 is 54.9 Å². The maximum Gasteiger partial charge on any atom is 0.125 e. The predicted octanol–water partition coefficient (Wildman–Crippen LogP) is 11.7. The number of hydrogen-bond acceptors (Lipinski definition) is 3. The molecule has 0 saturated carbocycles. The Balaban J connectivity index is 1.21. The number of thiazole rings is 1. The van der Waals surface area contributed by atoms with Gasteiger partial charge in [-0.05, 0) is 42.5 Å². The molecule has 0 unspecified atom stereocenters. The molecule has 230 valence electrons. The van der Waals surface area contributed by atoms with E-state index in [1.54, 1.807) is 11.3 Å². The highest BCUT2D eigenvalue weighted by molar-refractivity contribution is 7.17. The van der Waals surface area contributed by atoms with Gasteiger partial charge in [-0.2, -0.15) is 0 Å². The first-order valence-corrected chi connectivity index (χ1v) is 17.2. The Morgan fingerprint density at radius 3 is 1.69 bits per heavy atom. The van der Waals surface area contributed by atoms with E-state index < -0.39 is 0 Å². The van der Waals surface area contributed by atoms with Gasteiger partial charge in [0.15, 0.2) is 0 Å². The SMILES string of the molecule is c1ccc(-c2cc(-c3ncc(-n4c5ccccc5c5c4ccc4c6ccccc6n(-c6ccccc6)c45)s3)cc(-c3ccccc3)n2)cc1. The standard InChI is InChI=1S/C44H28N4S/c1-4-14-29(15-5-1)36-26-31(27-37(46-36)30-16-6-2-7-17-30)44-45-28-41(49-44)48-39-23-13-11-21-35(39)42-40(48)25-24-34-33-20-10-12-22-38(33)47(43(34)42)32-18-8-3-9-19-32/h1-28H. The summed E-state index contributed by atoms with van der Waals surface area (Å²) < 4.78 is 4.81. The summed E-state index contributed by atoms with van der Waals surface area (Å²) in [5, 5.41) is 6.99. The average Bonchev–Trinajstić information content (AvgIpc) is 3.88. The van der Waals surface area contributed by atoms with Crippen molar-refractivity contribution < 1.29 is 0 Å². The number of para-hydroxylation sites is 3. The normalized spacial score (nSPS) is 11.7. The molecule has 4 nitrogen and oxygen atoms in total. The first-order chi connectivity index (χ1) is 24.3. The van der Waals surface area contributed by atoms with Gasteiger partial charge in [0, 0.05) is 43.9 Å². The van der Waals surface area contributed by atoms with Crippen LogP contribution in [0.15, 0.2) is 170 Å². The number of aromatic nitrogens is 4. The molecule has 0 aliphatic heterocycles. The van der Waals surface area contributed by atoms with Crippen LogP contribution in [0, 0.1) is 0 Å². The number of benzene rings is 6. The minimum atomic E-state index is 0.932. The van der Waals surface area contributed by atoms with Gasteiger partial charge in [-0.25, -0.2) is 9.97 Å². The Labute approximate surface area is 286 Å². The second-order valence-electron chi connectivity index (χ2n) is 12.3. The zero-order chi connectivity index (χ0) is 32.3. The molecule has 49 heavy (non-hydrogen) atoms. The van der Waals surface area contributed by atoms with Crippen molar-refractivity contribution in [3.05, 3.63) is 170 Å². The van der Waals surface area contributed by atoms with Crippen LogP contribution in [0.4, 0.5) is 0 Å². The van der Waals surface area contributed by atoms with Crippen molar-refractivity contribution in [3.63, 3.8) is 0 Å². The molecule has 0 N–H and O–H groups in total. The summed E-state index contributed by atoms with van der Waals surface area (Å²) in [7, 11) is 0. The van der Waals surface area contributed by atoms with Crippen molar-refractivity contribution in [2.24, 2.45) is 0 Å². The molecule has 10 aromatic rings. The van der Waals surface area contributed by atoms with E-state index in [-0.39, 0.29) is 0 Å². The van der Waals surface area contributed by atoms with Crippen LogP contribution in [0.2, 0.25) is 0 Å². The van der Waals surface area contributed by atoms with Gasteiger partial charge in [0.2, 0.25) is 0 Å². The Bertz CT molecular complexity index is 2750. The summed E-state index contributed by atoms with van der Waals surface area (Å²) >= 11 is 1.71. The van der Waals surface area contributed by atoms with E-state index in [1.165, 1.54) is 32.6 Å². The molecule has 0 bridgehead atoms. The first-order valence-electron chi connectivity index (χ1n) is 16.4. The highest BCUT2D eigenvalue weighted by Gasteiger charge is 2.22. The first kappa shape index (κ1) is 27.8. The summed E-state index contributed by atoms with van der Waals surface area (Å²) in [6.07, 6.45) is 2.02. The van der Waals surface area contributed by atoms with Gasteiger partial charge in [-0.15, -0.1) is 0 Å². The number of hydrogen-bond donors (Lipinski definition) is 0. The van der Waals surface area contributed by atoms with Gasteiger partial charge in [0.25, 0.3) is 0 Å². The molecule has 4 aromatic heterocycles. The molecule has 10 rings (SSSR count). The number of rotatable bonds is 5. The highest BCUT2D eigenvalue weighted by Crippen LogP contribution is 2.43. The fourth-order valence-corrected chi connectivity index (χ4v) is 8.19. The van der Waals surface area contributed by atoms with Crippen LogP contribution >= 0.6 is 11.3 Å². The van der Waals surface area contributed by atoms with E-state index in [0.717, 1.165) is 54.8 Å². The van der Waals surface area contributed by atoms with E-state index in [0.29, 0.717) is 0 Å². The summed E-state index contributed by atoms with van der Waals surface area (Å²) in [6.45, 7) is 0. The fraction of sp³-hybridized carbons (Fsp3) is 0. The lowest BCUT2D eigenvalue weighted by molar-refractivity contribution is 1.18. The van der Waals surface area contributed by atoms with Gasteiger partial charge in [0.1, 0.15) is 10.0 Å². The smallest absolute Gasteiger partial charge is 0.125 e. The third kappa shape index (κ3) is 4.44. The summed E-state index contributed by atoms with van der Waals surface area (Å²) in [5.41, 5.74) is 11.0. The van der Waals surface area contributed by atoms with Gasteiger partial charge in [0.05, 0.1) is 39.7 Å². The van der Waals surface area contributed by atoms with Gasteiger partial charge in [-0.1, -0.05) is 133 Å². The average molecular weight is 645 g/mol. The van der Waals surface area contributed by atoms with Crippen molar-refractivity contribution in [1.82, 2.24) is 19.1 Å². The topological polar surface area (TPSA) is 35.6 Å². The van der Waals surface area contributed by atoms with Crippen molar-refractivity contribution in [3.8, 4) is 43.8 Å². The second kappa shape index (κ2) is 11.2. The molecule has 6 aromatic carbocycles. The minimum absolute atomic E-state index is 0.932. The van der Waals surface area contributed by atoms with E-state index in [9.17, 15) is 0 Å². The molecule has 0 aliphatic carbocycles. The maximum absolute atomic E-state index is 5.09. The Hall–Kier alpha value is -6.30. The van der Waals surface area contributed by atoms with Gasteiger partial charge < -0.3 is 4.57 Å². The molecule has 0 spiro atoms. The van der Waals surface area contributed by atoms with Crippen LogP contribution < -0.4 is 0 Å². The fourth-order valence-electron chi connectivity index (χ4n) is 7.26. The molecule has 4 heterocycles. The molecule has 0 amide bonds. The van der Waals surface area contributed by atoms with Crippen LogP contribution in [0.25, 0.3) is 87.4 Å². The molecule has 0 aliphatic rings. The maximum atomic E-state index is 5.09. The molecular formula is C44H28N4S. The molecule has 0 saturated heterocycles. The van der Waals surface area contributed by atoms with E-state index in [2.05, 4.69) is 161 Å². The largest absolute Gasteiger partial charge is 0.309 e.